The quantitative estimate of drug-likeness (QED) is 0.548. The van der Waals surface area contributed by atoms with E-state index in [4.69, 9.17) is 0 Å². The third kappa shape index (κ3) is 4.22. The first-order chi connectivity index (χ1) is 8.74. The standard InChI is InChI=1S/C12H17N3O4/c1-12(2,17)7-14-9-5-4-8(11(16)13-3)6-10(9)15(18)19/h4-6,14,17H,7H2,1-3H3,(H,13,16). The number of hydrogen-bond acceptors (Lipinski definition) is 5. The van der Waals surface area contributed by atoms with Crippen LogP contribution in [0.1, 0.15) is 24.2 Å². The van der Waals surface area contributed by atoms with Gasteiger partial charge in [0.2, 0.25) is 0 Å². The van der Waals surface area contributed by atoms with Crippen LogP contribution in [0, 0.1) is 10.1 Å². The zero-order valence-electron chi connectivity index (χ0n) is 11.1. The number of aliphatic hydroxyl groups is 1. The second kappa shape index (κ2) is 5.66. The zero-order chi connectivity index (χ0) is 14.6. The van der Waals surface area contributed by atoms with Crippen molar-refractivity contribution in [3.8, 4) is 0 Å². The van der Waals surface area contributed by atoms with Gasteiger partial charge in [-0.3, -0.25) is 14.9 Å². The summed E-state index contributed by atoms with van der Waals surface area (Å²) in [4.78, 5) is 21.8. The molecular formula is C12H17N3O4. The van der Waals surface area contributed by atoms with Gasteiger partial charge in [0.05, 0.1) is 10.5 Å². The fraction of sp³-hybridized carbons (Fsp3) is 0.417. The number of nitrogens with one attached hydrogen (secondary N) is 2. The number of nitro benzene ring substituents is 1. The minimum Gasteiger partial charge on any atom is -0.389 e. The van der Waals surface area contributed by atoms with Gasteiger partial charge in [-0.2, -0.15) is 0 Å². The zero-order valence-corrected chi connectivity index (χ0v) is 11.1. The molecule has 0 aliphatic heterocycles. The van der Waals surface area contributed by atoms with Crippen LogP contribution in [0.2, 0.25) is 0 Å². The van der Waals surface area contributed by atoms with Crippen LogP contribution in [0.15, 0.2) is 18.2 Å². The molecule has 0 radical (unpaired) electrons. The fourth-order valence-electron chi connectivity index (χ4n) is 1.43. The molecule has 7 heteroatoms. The first-order valence-corrected chi connectivity index (χ1v) is 5.71. The molecule has 0 heterocycles. The number of hydrogen-bond donors (Lipinski definition) is 3. The second-order valence-corrected chi connectivity index (χ2v) is 4.73. The van der Waals surface area contributed by atoms with E-state index >= 15 is 0 Å². The predicted molar refractivity (Wildman–Crippen MR) is 71.3 cm³/mol. The number of nitro groups is 1. The van der Waals surface area contributed by atoms with Crippen LogP contribution in [0.3, 0.4) is 0 Å². The number of carbonyl (C=O) groups excluding carboxylic acids is 1. The van der Waals surface area contributed by atoms with Gasteiger partial charge < -0.3 is 15.7 Å². The summed E-state index contributed by atoms with van der Waals surface area (Å²) in [6.07, 6.45) is 0. The van der Waals surface area contributed by atoms with E-state index in [2.05, 4.69) is 10.6 Å². The molecule has 3 N–H and O–H groups in total. The lowest BCUT2D eigenvalue weighted by Gasteiger charge is -2.18. The van der Waals surface area contributed by atoms with Crippen LogP contribution >= 0.6 is 0 Å². The average Bonchev–Trinajstić information content (AvgIpc) is 2.34. The summed E-state index contributed by atoms with van der Waals surface area (Å²) in [7, 11) is 1.45. The van der Waals surface area contributed by atoms with Crippen molar-refractivity contribution in [1.82, 2.24) is 5.32 Å². The fourth-order valence-corrected chi connectivity index (χ4v) is 1.43. The van der Waals surface area contributed by atoms with Crippen LogP contribution < -0.4 is 10.6 Å². The Morgan fingerprint density at radius 1 is 1.47 bits per heavy atom. The van der Waals surface area contributed by atoms with E-state index in [1.54, 1.807) is 13.8 Å². The van der Waals surface area contributed by atoms with Crippen LogP contribution in [0.25, 0.3) is 0 Å². The topological polar surface area (TPSA) is 104 Å². The van der Waals surface area contributed by atoms with E-state index in [9.17, 15) is 20.0 Å². The molecule has 1 rings (SSSR count). The SMILES string of the molecule is CNC(=O)c1ccc(NCC(C)(C)O)c([N+](=O)[O-])c1. The Labute approximate surface area is 110 Å². The van der Waals surface area contributed by atoms with E-state index in [1.165, 1.54) is 25.2 Å². The number of anilines is 1. The lowest BCUT2D eigenvalue weighted by Crippen LogP contribution is -2.29. The maximum Gasteiger partial charge on any atom is 0.293 e. The molecule has 0 aliphatic rings. The van der Waals surface area contributed by atoms with Gasteiger partial charge in [-0.15, -0.1) is 0 Å². The summed E-state index contributed by atoms with van der Waals surface area (Å²) in [5, 5.41) is 25.8. The Bertz CT molecular complexity index is 494. The Kier molecular flexibility index (Phi) is 4.44. The Hall–Kier alpha value is -2.15. The summed E-state index contributed by atoms with van der Waals surface area (Å²) in [5.41, 5.74) is -0.721. The molecule has 0 atom stereocenters. The minimum absolute atomic E-state index is 0.160. The van der Waals surface area contributed by atoms with Crippen molar-refractivity contribution in [1.29, 1.82) is 0 Å². The molecule has 104 valence electrons. The summed E-state index contributed by atoms with van der Waals surface area (Å²) in [6.45, 7) is 3.34. The van der Waals surface area contributed by atoms with Crippen LogP contribution in [0.5, 0.6) is 0 Å². The highest BCUT2D eigenvalue weighted by atomic mass is 16.6. The van der Waals surface area contributed by atoms with Gasteiger partial charge in [-0.1, -0.05) is 0 Å². The molecule has 1 aromatic carbocycles. The second-order valence-electron chi connectivity index (χ2n) is 4.73. The molecule has 1 amide bonds. The highest BCUT2D eigenvalue weighted by Crippen LogP contribution is 2.26. The molecule has 1 aromatic rings. The largest absolute Gasteiger partial charge is 0.389 e. The van der Waals surface area contributed by atoms with Crippen molar-refractivity contribution in [3.63, 3.8) is 0 Å². The van der Waals surface area contributed by atoms with Gasteiger partial charge in [-0.25, -0.2) is 0 Å². The van der Waals surface area contributed by atoms with Gasteiger partial charge >= 0.3 is 0 Å². The van der Waals surface area contributed by atoms with E-state index in [0.717, 1.165) is 0 Å². The predicted octanol–water partition coefficient (Wildman–Crippen LogP) is 1.14. The van der Waals surface area contributed by atoms with E-state index in [-0.39, 0.29) is 23.5 Å². The van der Waals surface area contributed by atoms with Gasteiger partial charge in [0.25, 0.3) is 11.6 Å². The Balaban J connectivity index is 3.05. The molecule has 0 aromatic heterocycles. The molecule has 0 aliphatic carbocycles. The average molecular weight is 267 g/mol. The van der Waals surface area contributed by atoms with Gasteiger partial charge in [0.1, 0.15) is 5.69 Å². The number of rotatable bonds is 5. The molecule has 7 nitrogen and oxygen atoms in total. The highest BCUT2D eigenvalue weighted by molar-refractivity contribution is 5.95. The third-order valence-electron chi connectivity index (χ3n) is 2.40. The third-order valence-corrected chi connectivity index (χ3v) is 2.40. The number of amides is 1. The molecule has 0 saturated heterocycles. The van der Waals surface area contributed by atoms with Crippen molar-refractivity contribution in [2.75, 3.05) is 18.9 Å². The maximum absolute atomic E-state index is 11.4. The smallest absolute Gasteiger partial charge is 0.293 e. The van der Waals surface area contributed by atoms with E-state index < -0.39 is 16.4 Å². The maximum atomic E-state index is 11.4. The summed E-state index contributed by atoms with van der Waals surface area (Å²) in [6, 6.07) is 4.14. The first-order valence-electron chi connectivity index (χ1n) is 5.71. The molecule has 0 fully saturated rings. The Morgan fingerprint density at radius 2 is 2.11 bits per heavy atom. The van der Waals surface area contributed by atoms with Crippen molar-refractivity contribution in [2.45, 2.75) is 19.4 Å². The minimum atomic E-state index is -0.993. The van der Waals surface area contributed by atoms with E-state index in [1.807, 2.05) is 0 Å². The van der Waals surface area contributed by atoms with Gasteiger partial charge in [0, 0.05) is 25.2 Å². The van der Waals surface area contributed by atoms with E-state index in [0.29, 0.717) is 0 Å². The monoisotopic (exact) mass is 267 g/mol. The number of benzene rings is 1. The molecule has 0 bridgehead atoms. The highest BCUT2D eigenvalue weighted by Gasteiger charge is 2.19. The van der Waals surface area contributed by atoms with Crippen LogP contribution in [0.4, 0.5) is 11.4 Å². The summed E-state index contributed by atoms with van der Waals surface area (Å²) < 4.78 is 0. The summed E-state index contributed by atoms with van der Waals surface area (Å²) >= 11 is 0. The molecule has 19 heavy (non-hydrogen) atoms. The van der Waals surface area contributed by atoms with Gasteiger partial charge in [0.15, 0.2) is 0 Å². The lowest BCUT2D eigenvalue weighted by molar-refractivity contribution is -0.384. The van der Waals surface area contributed by atoms with Crippen molar-refractivity contribution in [2.24, 2.45) is 0 Å². The number of nitrogens with zero attached hydrogens (tertiary/aromatic N) is 1. The van der Waals surface area contributed by atoms with Crippen molar-refractivity contribution in [3.05, 3.63) is 33.9 Å². The lowest BCUT2D eigenvalue weighted by atomic mass is 10.1. The van der Waals surface area contributed by atoms with Gasteiger partial charge in [-0.05, 0) is 26.0 Å². The van der Waals surface area contributed by atoms with Crippen LogP contribution in [-0.4, -0.2) is 35.1 Å². The molecular weight excluding hydrogens is 250 g/mol. The molecule has 0 saturated carbocycles. The first kappa shape index (κ1) is 14.9. The van der Waals surface area contributed by atoms with Crippen molar-refractivity contribution < 1.29 is 14.8 Å². The van der Waals surface area contributed by atoms with Crippen molar-refractivity contribution >= 4 is 17.3 Å². The van der Waals surface area contributed by atoms with Crippen LogP contribution in [-0.2, 0) is 0 Å². The summed E-state index contributed by atoms with van der Waals surface area (Å²) in [5.74, 6) is -0.392. The Morgan fingerprint density at radius 3 is 2.58 bits per heavy atom. The molecule has 0 spiro atoms. The number of carbonyl (C=O) groups is 1. The normalized spacial score (nSPS) is 10.9. The molecule has 0 unspecified atom stereocenters.